The highest BCUT2D eigenvalue weighted by Crippen LogP contribution is 2.15. The van der Waals surface area contributed by atoms with Gasteiger partial charge in [-0.25, -0.2) is 4.39 Å². The van der Waals surface area contributed by atoms with Gasteiger partial charge in [-0.1, -0.05) is 12.1 Å². The maximum atomic E-state index is 13.1. The standard InChI is InChI=1S/C14H10FIN2/c15-14-5-4-10(6-11(14)8-17)9-18-13-3-1-2-12(16)7-13/h1-7,18H,9H2. The first kappa shape index (κ1) is 12.8. The van der Waals surface area contributed by atoms with E-state index in [1.165, 1.54) is 6.07 Å². The number of nitrogens with zero attached hydrogens (tertiary/aromatic N) is 1. The van der Waals surface area contributed by atoms with Gasteiger partial charge in [0.15, 0.2) is 0 Å². The van der Waals surface area contributed by atoms with Crippen LogP contribution in [0.5, 0.6) is 0 Å². The second-order valence-corrected chi connectivity index (χ2v) is 5.04. The van der Waals surface area contributed by atoms with Crippen LogP contribution in [0.1, 0.15) is 11.1 Å². The number of hydrogen-bond acceptors (Lipinski definition) is 2. The number of halogens is 2. The average Bonchev–Trinajstić information content (AvgIpc) is 2.38. The number of rotatable bonds is 3. The summed E-state index contributed by atoms with van der Waals surface area (Å²) in [7, 11) is 0. The normalized spacial score (nSPS) is 9.83. The molecular weight excluding hydrogens is 342 g/mol. The molecular formula is C14H10FIN2. The van der Waals surface area contributed by atoms with Gasteiger partial charge in [0.05, 0.1) is 5.56 Å². The summed E-state index contributed by atoms with van der Waals surface area (Å²) in [6, 6.07) is 14.4. The van der Waals surface area contributed by atoms with Crippen molar-refractivity contribution >= 4 is 28.3 Å². The lowest BCUT2D eigenvalue weighted by Gasteiger charge is -2.07. The predicted molar refractivity (Wildman–Crippen MR) is 77.6 cm³/mol. The van der Waals surface area contributed by atoms with E-state index in [0.29, 0.717) is 6.54 Å². The zero-order chi connectivity index (χ0) is 13.0. The summed E-state index contributed by atoms with van der Waals surface area (Å²) in [5.74, 6) is -0.476. The molecule has 1 N–H and O–H groups in total. The van der Waals surface area contributed by atoms with Gasteiger partial charge in [0.1, 0.15) is 11.9 Å². The molecule has 2 rings (SSSR count). The van der Waals surface area contributed by atoms with Crippen molar-refractivity contribution in [1.29, 1.82) is 5.26 Å². The lowest BCUT2D eigenvalue weighted by Crippen LogP contribution is -2.00. The minimum atomic E-state index is -0.476. The van der Waals surface area contributed by atoms with Crippen LogP contribution >= 0.6 is 22.6 Å². The lowest BCUT2D eigenvalue weighted by molar-refractivity contribution is 0.623. The Morgan fingerprint density at radius 3 is 2.78 bits per heavy atom. The summed E-state index contributed by atoms with van der Waals surface area (Å²) in [6.45, 7) is 0.565. The van der Waals surface area contributed by atoms with Crippen LogP contribution < -0.4 is 5.32 Å². The van der Waals surface area contributed by atoms with E-state index in [-0.39, 0.29) is 5.56 Å². The van der Waals surface area contributed by atoms with E-state index in [1.54, 1.807) is 12.1 Å². The Bertz CT molecular complexity index is 605. The summed E-state index contributed by atoms with van der Waals surface area (Å²) in [4.78, 5) is 0. The van der Waals surface area contributed by atoms with Crippen LogP contribution in [0.3, 0.4) is 0 Å². The summed E-state index contributed by atoms with van der Waals surface area (Å²) < 4.78 is 14.3. The summed E-state index contributed by atoms with van der Waals surface area (Å²) in [5.41, 5.74) is 1.97. The highest BCUT2D eigenvalue weighted by atomic mass is 127. The van der Waals surface area contributed by atoms with Gasteiger partial charge in [-0.2, -0.15) is 5.26 Å². The molecule has 0 saturated heterocycles. The summed E-state index contributed by atoms with van der Waals surface area (Å²) >= 11 is 2.24. The SMILES string of the molecule is N#Cc1cc(CNc2cccc(I)c2)ccc1F. The average molecular weight is 352 g/mol. The van der Waals surface area contributed by atoms with Gasteiger partial charge in [0, 0.05) is 15.8 Å². The van der Waals surface area contributed by atoms with Gasteiger partial charge in [-0.3, -0.25) is 0 Å². The third-order valence-electron chi connectivity index (χ3n) is 2.47. The third kappa shape index (κ3) is 3.20. The highest BCUT2D eigenvalue weighted by molar-refractivity contribution is 14.1. The first-order valence-electron chi connectivity index (χ1n) is 5.37. The van der Waals surface area contributed by atoms with E-state index in [0.717, 1.165) is 14.8 Å². The van der Waals surface area contributed by atoms with Crippen LogP contribution in [0, 0.1) is 20.7 Å². The topological polar surface area (TPSA) is 35.8 Å². The second-order valence-electron chi connectivity index (χ2n) is 3.79. The zero-order valence-electron chi connectivity index (χ0n) is 9.45. The fourth-order valence-corrected chi connectivity index (χ4v) is 2.11. The molecule has 0 aliphatic carbocycles. The molecule has 0 heterocycles. The Hall–Kier alpha value is -1.61. The van der Waals surface area contributed by atoms with Crippen molar-refractivity contribution in [2.75, 3.05) is 5.32 Å². The van der Waals surface area contributed by atoms with Crippen LogP contribution in [-0.2, 0) is 6.54 Å². The molecule has 90 valence electrons. The first-order chi connectivity index (χ1) is 8.69. The Balaban J connectivity index is 2.09. The van der Waals surface area contributed by atoms with E-state index in [4.69, 9.17) is 5.26 Å². The summed E-state index contributed by atoms with van der Waals surface area (Å²) in [6.07, 6.45) is 0. The number of hydrogen-bond donors (Lipinski definition) is 1. The van der Waals surface area contributed by atoms with Crippen molar-refractivity contribution in [2.45, 2.75) is 6.54 Å². The molecule has 0 atom stereocenters. The van der Waals surface area contributed by atoms with E-state index in [2.05, 4.69) is 27.9 Å². The van der Waals surface area contributed by atoms with Gasteiger partial charge >= 0.3 is 0 Å². The smallest absolute Gasteiger partial charge is 0.140 e. The summed E-state index contributed by atoms with van der Waals surface area (Å²) in [5, 5.41) is 12.0. The fourth-order valence-electron chi connectivity index (χ4n) is 1.57. The molecule has 0 spiro atoms. The molecule has 0 radical (unpaired) electrons. The van der Waals surface area contributed by atoms with Gasteiger partial charge in [-0.05, 0) is 58.5 Å². The Morgan fingerprint density at radius 2 is 2.06 bits per heavy atom. The minimum Gasteiger partial charge on any atom is -0.381 e. The van der Waals surface area contributed by atoms with Crippen LogP contribution in [0.25, 0.3) is 0 Å². The van der Waals surface area contributed by atoms with Crippen LogP contribution in [-0.4, -0.2) is 0 Å². The van der Waals surface area contributed by atoms with Crippen molar-refractivity contribution in [3.05, 3.63) is 63.0 Å². The fraction of sp³-hybridized carbons (Fsp3) is 0.0714. The lowest BCUT2D eigenvalue weighted by atomic mass is 10.1. The Labute approximate surface area is 119 Å². The number of anilines is 1. The molecule has 0 saturated carbocycles. The molecule has 18 heavy (non-hydrogen) atoms. The molecule has 0 aliphatic heterocycles. The Kier molecular flexibility index (Phi) is 4.15. The van der Waals surface area contributed by atoms with E-state index in [1.807, 2.05) is 30.3 Å². The van der Waals surface area contributed by atoms with Gasteiger partial charge in [0.25, 0.3) is 0 Å². The number of nitrogens with one attached hydrogen (secondary N) is 1. The molecule has 0 aromatic heterocycles. The maximum absolute atomic E-state index is 13.1. The van der Waals surface area contributed by atoms with E-state index < -0.39 is 5.82 Å². The maximum Gasteiger partial charge on any atom is 0.140 e. The van der Waals surface area contributed by atoms with Crippen molar-refractivity contribution in [2.24, 2.45) is 0 Å². The first-order valence-corrected chi connectivity index (χ1v) is 6.45. The van der Waals surface area contributed by atoms with Gasteiger partial charge in [0.2, 0.25) is 0 Å². The van der Waals surface area contributed by atoms with Crippen molar-refractivity contribution in [3.8, 4) is 6.07 Å². The van der Waals surface area contributed by atoms with Crippen molar-refractivity contribution < 1.29 is 4.39 Å². The zero-order valence-corrected chi connectivity index (χ0v) is 11.6. The molecule has 0 fully saturated rings. The van der Waals surface area contributed by atoms with E-state index in [9.17, 15) is 4.39 Å². The minimum absolute atomic E-state index is 0.0805. The molecule has 0 amide bonds. The van der Waals surface area contributed by atoms with Gasteiger partial charge < -0.3 is 5.32 Å². The van der Waals surface area contributed by atoms with Gasteiger partial charge in [-0.15, -0.1) is 0 Å². The largest absolute Gasteiger partial charge is 0.381 e. The van der Waals surface area contributed by atoms with Crippen LogP contribution in [0.2, 0.25) is 0 Å². The second kappa shape index (κ2) is 5.83. The predicted octanol–water partition coefficient (Wildman–Crippen LogP) is 3.91. The monoisotopic (exact) mass is 352 g/mol. The molecule has 0 aliphatic rings. The molecule has 4 heteroatoms. The molecule has 0 bridgehead atoms. The van der Waals surface area contributed by atoms with Crippen molar-refractivity contribution in [1.82, 2.24) is 0 Å². The molecule has 0 unspecified atom stereocenters. The molecule has 2 aromatic carbocycles. The highest BCUT2D eigenvalue weighted by Gasteiger charge is 2.02. The van der Waals surface area contributed by atoms with Crippen LogP contribution in [0.4, 0.5) is 10.1 Å². The Morgan fingerprint density at radius 1 is 1.22 bits per heavy atom. The third-order valence-corrected chi connectivity index (χ3v) is 3.14. The number of nitriles is 1. The number of benzene rings is 2. The molecule has 2 nitrogen and oxygen atoms in total. The quantitative estimate of drug-likeness (QED) is 0.851. The van der Waals surface area contributed by atoms with Crippen LogP contribution in [0.15, 0.2) is 42.5 Å². The van der Waals surface area contributed by atoms with Crippen molar-refractivity contribution in [3.63, 3.8) is 0 Å². The van der Waals surface area contributed by atoms with E-state index >= 15 is 0 Å². The molecule has 2 aromatic rings.